The number of carbonyl (C=O) groups is 4. The average molecular weight is 487 g/mol. The zero-order chi connectivity index (χ0) is 24.9. The molecule has 4 aliphatic rings. The van der Waals surface area contributed by atoms with Gasteiger partial charge in [0.05, 0.1) is 25.3 Å². The van der Waals surface area contributed by atoms with Gasteiger partial charge in [-0.1, -0.05) is 6.07 Å². The zero-order valence-corrected chi connectivity index (χ0v) is 20.0. The Kier molecular flexibility index (Phi) is 5.92. The number of hydrogen-bond donors (Lipinski definition) is 3. The molecule has 0 saturated carbocycles. The molecular formula is C24H30N4O7. The van der Waals surface area contributed by atoms with E-state index in [9.17, 15) is 19.2 Å². The van der Waals surface area contributed by atoms with Crippen LogP contribution in [0.3, 0.4) is 0 Å². The zero-order valence-electron chi connectivity index (χ0n) is 20.0. The van der Waals surface area contributed by atoms with Crippen LogP contribution in [0.4, 0.5) is 10.5 Å². The Morgan fingerprint density at radius 1 is 1.11 bits per heavy atom. The lowest BCUT2D eigenvalue weighted by Gasteiger charge is -2.29. The van der Waals surface area contributed by atoms with Crippen LogP contribution in [0.2, 0.25) is 0 Å². The van der Waals surface area contributed by atoms with Crippen molar-refractivity contribution >= 4 is 29.5 Å². The molecule has 3 fully saturated rings. The number of alkyl carbamates (subject to hydrolysis) is 1. The molecule has 35 heavy (non-hydrogen) atoms. The third-order valence-corrected chi connectivity index (χ3v) is 6.68. The smallest absolute Gasteiger partial charge is 0.408 e. The number of nitrogens with zero attached hydrogens (tertiary/aromatic N) is 1. The number of carbonyl (C=O) groups excluding carboxylic acids is 4. The topological polar surface area (TPSA) is 135 Å². The van der Waals surface area contributed by atoms with Gasteiger partial charge in [0.25, 0.3) is 5.91 Å². The number of fused-ring (bicyclic) bond motifs is 2. The predicted octanol–water partition coefficient (Wildman–Crippen LogP) is 0.919. The number of hydrogen-bond acceptors (Lipinski definition) is 8. The monoisotopic (exact) mass is 486 g/mol. The lowest BCUT2D eigenvalue weighted by atomic mass is 10.0. The van der Waals surface area contributed by atoms with Gasteiger partial charge in [-0.15, -0.1) is 0 Å². The molecule has 4 amide bonds. The summed E-state index contributed by atoms with van der Waals surface area (Å²) in [4.78, 5) is 50.7. The summed E-state index contributed by atoms with van der Waals surface area (Å²) in [7, 11) is 0. The maximum absolute atomic E-state index is 13.1. The molecule has 1 aromatic carbocycles. The van der Waals surface area contributed by atoms with Crippen LogP contribution in [0.1, 0.15) is 49.5 Å². The van der Waals surface area contributed by atoms with Crippen molar-refractivity contribution in [3.8, 4) is 0 Å². The number of piperidine rings is 1. The number of ether oxygens (including phenoxy) is 3. The first-order chi connectivity index (χ1) is 16.6. The van der Waals surface area contributed by atoms with Crippen molar-refractivity contribution in [1.82, 2.24) is 15.5 Å². The minimum atomic E-state index is -0.669. The third kappa shape index (κ3) is 4.57. The van der Waals surface area contributed by atoms with Crippen molar-refractivity contribution in [3.63, 3.8) is 0 Å². The maximum atomic E-state index is 13.1. The van der Waals surface area contributed by atoms with E-state index >= 15 is 0 Å². The van der Waals surface area contributed by atoms with Gasteiger partial charge in [0.2, 0.25) is 11.8 Å². The molecule has 11 nitrogen and oxygen atoms in total. The summed E-state index contributed by atoms with van der Waals surface area (Å²) in [6.07, 6.45) is -0.597. The fraction of sp³-hybridized carbons (Fsp3) is 0.583. The summed E-state index contributed by atoms with van der Waals surface area (Å²) in [6.45, 7) is 6.36. The molecule has 0 aliphatic carbocycles. The van der Waals surface area contributed by atoms with E-state index in [0.29, 0.717) is 25.2 Å². The van der Waals surface area contributed by atoms with Crippen LogP contribution in [-0.2, 0) is 30.3 Å². The normalized spacial score (nSPS) is 30.1. The number of benzene rings is 1. The summed E-state index contributed by atoms with van der Waals surface area (Å²) in [5.74, 6) is -0.978. The molecule has 4 heterocycles. The molecule has 11 heteroatoms. The van der Waals surface area contributed by atoms with Gasteiger partial charge in [-0.05, 0) is 39.3 Å². The van der Waals surface area contributed by atoms with E-state index in [1.165, 1.54) is 4.90 Å². The Bertz CT molecular complexity index is 1070. The lowest BCUT2D eigenvalue weighted by molar-refractivity contribution is -0.136. The average Bonchev–Trinajstić information content (AvgIpc) is 3.44. The fourth-order valence-corrected chi connectivity index (χ4v) is 5.13. The molecule has 0 aromatic heterocycles. The number of anilines is 1. The quantitative estimate of drug-likeness (QED) is 0.535. The van der Waals surface area contributed by atoms with Crippen molar-refractivity contribution in [2.75, 3.05) is 18.5 Å². The van der Waals surface area contributed by atoms with Gasteiger partial charge in [0.1, 0.15) is 23.9 Å². The van der Waals surface area contributed by atoms with Crippen molar-refractivity contribution < 1.29 is 33.4 Å². The van der Waals surface area contributed by atoms with E-state index in [1.807, 2.05) is 6.07 Å². The fourth-order valence-electron chi connectivity index (χ4n) is 5.13. The van der Waals surface area contributed by atoms with E-state index in [4.69, 9.17) is 14.2 Å². The second-order valence-corrected chi connectivity index (χ2v) is 10.3. The molecule has 0 spiro atoms. The van der Waals surface area contributed by atoms with Crippen LogP contribution >= 0.6 is 0 Å². The summed E-state index contributed by atoms with van der Waals surface area (Å²) in [5.41, 5.74) is 1.50. The van der Waals surface area contributed by atoms with Crippen LogP contribution in [0, 0.1) is 0 Å². The summed E-state index contributed by atoms with van der Waals surface area (Å²) in [5, 5.41) is 8.62. The second-order valence-electron chi connectivity index (χ2n) is 10.3. The van der Waals surface area contributed by atoms with Crippen LogP contribution in [-0.4, -0.2) is 77.9 Å². The molecule has 4 aliphatic heterocycles. The van der Waals surface area contributed by atoms with Gasteiger partial charge >= 0.3 is 6.09 Å². The van der Waals surface area contributed by atoms with E-state index in [1.54, 1.807) is 32.9 Å². The van der Waals surface area contributed by atoms with E-state index in [0.717, 1.165) is 11.3 Å². The summed E-state index contributed by atoms with van der Waals surface area (Å²) in [6, 6.07) is 4.25. The summed E-state index contributed by atoms with van der Waals surface area (Å²) < 4.78 is 17.3. The van der Waals surface area contributed by atoms with Gasteiger partial charge in [-0.3, -0.25) is 19.7 Å². The highest BCUT2D eigenvalue weighted by Gasteiger charge is 2.49. The lowest BCUT2D eigenvalue weighted by Crippen LogP contribution is -2.52. The highest BCUT2D eigenvalue weighted by atomic mass is 16.6. The largest absolute Gasteiger partial charge is 0.444 e. The van der Waals surface area contributed by atoms with Crippen molar-refractivity contribution in [3.05, 3.63) is 29.3 Å². The van der Waals surface area contributed by atoms with Crippen molar-refractivity contribution in [2.45, 2.75) is 76.1 Å². The predicted molar refractivity (Wildman–Crippen MR) is 123 cm³/mol. The van der Waals surface area contributed by atoms with Crippen LogP contribution < -0.4 is 16.0 Å². The van der Waals surface area contributed by atoms with E-state index < -0.39 is 23.6 Å². The Morgan fingerprint density at radius 3 is 2.54 bits per heavy atom. The standard InChI is InChI=1S/C24H30N4O7/c1-24(2,3)35-23(32)26-16-11-34-19-15(10-33-20(16)19)25-14-6-4-5-12-13(14)9-28(22(12)31)17-7-8-18(29)27-21(17)30/h4-6,15-17,19-20,25H,7-11H2,1-3H3,(H,26,32)(H,27,29,30)/t15-,16-,17?,19+,20+/m0/s1. The molecule has 3 saturated heterocycles. The highest BCUT2D eigenvalue weighted by molar-refractivity contribution is 6.06. The Morgan fingerprint density at radius 2 is 1.83 bits per heavy atom. The first-order valence-corrected chi connectivity index (χ1v) is 11.9. The molecule has 0 radical (unpaired) electrons. The molecule has 1 unspecified atom stereocenters. The van der Waals surface area contributed by atoms with Crippen LogP contribution in [0.15, 0.2) is 18.2 Å². The summed E-state index contributed by atoms with van der Waals surface area (Å²) >= 11 is 0. The molecule has 188 valence electrons. The number of imide groups is 1. The second kappa shape index (κ2) is 8.80. The molecule has 1 aromatic rings. The molecule has 5 rings (SSSR count). The minimum absolute atomic E-state index is 0.184. The molecule has 3 N–H and O–H groups in total. The SMILES string of the molecule is CC(C)(C)OC(=O)N[C@H]1CO[C@H]2[C@@H]1OC[C@@H]2Nc1cccc2c1CN(C1CCC(=O)NC1=O)C2=O. The Labute approximate surface area is 202 Å². The van der Waals surface area contributed by atoms with Crippen LogP contribution in [0.5, 0.6) is 0 Å². The van der Waals surface area contributed by atoms with E-state index in [-0.39, 0.29) is 49.1 Å². The molecule has 0 bridgehead atoms. The molecule has 5 atom stereocenters. The van der Waals surface area contributed by atoms with E-state index in [2.05, 4.69) is 16.0 Å². The highest BCUT2D eigenvalue weighted by Crippen LogP contribution is 2.35. The molecular weight excluding hydrogens is 456 g/mol. The number of rotatable bonds is 4. The Balaban J connectivity index is 1.26. The third-order valence-electron chi connectivity index (χ3n) is 6.68. The first kappa shape index (κ1) is 23.6. The Hall–Kier alpha value is -3.18. The van der Waals surface area contributed by atoms with Crippen LogP contribution in [0.25, 0.3) is 0 Å². The number of nitrogens with one attached hydrogen (secondary N) is 3. The van der Waals surface area contributed by atoms with Gasteiger partial charge in [-0.2, -0.15) is 0 Å². The van der Waals surface area contributed by atoms with Gasteiger partial charge < -0.3 is 29.7 Å². The van der Waals surface area contributed by atoms with Gasteiger partial charge in [-0.25, -0.2) is 4.79 Å². The van der Waals surface area contributed by atoms with Crippen molar-refractivity contribution in [2.24, 2.45) is 0 Å². The maximum Gasteiger partial charge on any atom is 0.408 e. The number of amides is 4. The van der Waals surface area contributed by atoms with Crippen molar-refractivity contribution in [1.29, 1.82) is 0 Å². The minimum Gasteiger partial charge on any atom is -0.444 e. The van der Waals surface area contributed by atoms with Gasteiger partial charge in [0.15, 0.2) is 0 Å². The van der Waals surface area contributed by atoms with Gasteiger partial charge in [0, 0.05) is 29.8 Å². The first-order valence-electron chi connectivity index (χ1n) is 11.9.